The summed E-state index contributed by atoms with van der Waals surface area (Å²) in [6, 6.07) is 8.26. The summed E-state index contributed by atoms with van der Waals surface area (Å²) in [5.74, 6) is -2.05. The van der Waals surface area contributed by atoms with Crippen LogP contribution >= 0.6 is 12.4 Å². The summed E-state index contributed by atoms with van der Waals surface area (Å²) in [7, 11) is 3.11. The van der Waals surface area contributed by atoms with Crippen LogP contribution < -0.4 is 16.8 Å². The van der Waals surface area contributed by atoms with Gasteiger partial charge in [0, 0.05) is 32.3 Å². The van der Waals surface area contributed by atoms with Crippen molar-refractivity contribution in [3.63, 3.8) is 0 Å². The van der Waals surface area contributed by atoms with Gasteiger partial charge < -0.3 is 25.3 Å². The van der Waals surface area contributed by atoms with Crippen LogP contribution in [0, 0.1) is 10.8 Å². The van der Waals surface area contributed by atoms with Crippen LogP contribution in [-0.4, -0.2) is 55.8 Å². The minimum Gasteiger partial charge on any atom is -0.477 e. The van der Waals surface area contributed by atoms with Gasteiger partial charge in [0.2, 0.25) is 0 Å². The molecule has 0 saturated heterocycles. The Balaban J connectivity index is 0.000000243. The molecule has 3 saturated carbocycles. The molecule has 3 fully saturated rings. The number of methoxy groups -OCH3 is 1. The van der Waals surface area contributed by atoms with Crippen molar-refractivity contribution in [2.24, 2.45) is 23.6 Å². The lowest BCUT2D eigenvalue weighted by atomic mass is 9.53. The molecule has 4 N–H and O–H groups in total. The third-order valence-corrected chi connectivity index (χ3v) is 8.55. The standard InChI is InChI=1S/C19H22N4O5.C9H10N2O2.ClH/c1-28-17(27)19-6-3-18(4-7-19,5-8-19)11-20-15(24)13-10-12(16(25)26)22-14-2-9-21-23(13)14;1-11-7-4-6(5-10)2-3-8(7)13-9(11)12;/h2,9-10H,3-8,11H2,1H3,(H,20,24)(H,25,26);2-4H,5,10H2,1H3;1H. The number of hydrogen-bond donors (Lipinski definition) is 3. The minimum absolute atomic E-state index is 0. The minimum atomic E-state index is -1.20. The molecule has 3 aromatic heterocycles. The monoisotopic (exact) mass is 600 g/mol. The first-order valence-electron chi connectivity index (χ1n) is 13.3. The molecule has 3 heterocycles. The van der Waals surface area contributed by atoms with Gasteiger partial charge in [0.1, 0.15) is 5.69 Å². The number of nitrogens with two attached hydrogens (primary N) is 1. The number of amides is 1. The van der Waals surface area contributed by atoms with Crippen molar-refractivity contribution in [1.82, 2.24) is 24.5 Å². The summed E-state index contributed by atoms with van der Waals surface area (Å²) in [6.45, 7) is 0.950. The van der Waals surface area contributed by atoms with E-state index in [1.54, 1.807) is 19.2 Å². The van der Waals surface area contributed by atoms with E-state index in [4.69, 9.17) is 14.9 Å². The third-order valence-electron chi connectivity index (χ3n) is 8.55. The highest BCUT2D eigenvalue weighted by Gasteiger charge is 2.53. The van der Waals surface area contributed by atoms with Crippen LogP contribution in [0.15, 0.2) is 45.7 Å². The second-order valence-electron chi connectivity index (χ2n) is 10.8. The van der Waals surface area contributed by atoms with Gasteiger partial charge in [0.25, 0.3) is 5.91 Å². The molecule has 3 aliphatic carbocycles. The predicted molar refractivity (Wildman–Crippen MR) is 153 cm³/mol. The van der Waals surface area contributed by atoms with Crippen molar-refractivity contribution in [1.29, 1.82) is 0 Å². The molecule has 2 bridgehead atoms. The van der Waals surface area contributed by atoms with Gasteiger partial charge in [0.15, 0.2) is 16.9 Å². The zero-order valence-electron chi connectivity index (χ0n) is 23.3. The summed E-state index contributed by atoms with van der Waals surface area (Å²) >= 11 is 0. The van der Waals surface area contributed by atoms with E-state index in [1.807, 2.05) is 12.1 Å². The van der Waals surface area contributed by atoms with Crippen LogP contribution in [0.1, 0.15) is 65.1 Å². The van der Waals surface area contributed by atoms with Gasteiger partial charge >= 0.3 is 17.7 Å². The van der Waals surface area contributed by atoms with Crippen molar-refractivity contribution < 1.29 is 28.6 Å². The van der Waals surface area contributed by atoms with Crippen molar-refractivity contribution >= 4 is 47.0 Å². The molecule has 0 radical (unpaired) electrons. The SMILES string of the molecule is COC(=O)C12CCC(CNC(=O)c3cc(C(=O)O)nc4ccnn34)(CC1)CC2.Cl.Cn1c(=O)oc2ccc(CN)cc21. The number of carbonyl (C=O) groups excluding carboxylic acids is 2. The number of rotatable bonds is 6. The van der Waals surface area contributed by atoms with E-state index < -0.39 is 5.97 Å². The molecule has 7 rings (SSSR count). The first kappa shape index (κ1) is 30.7. The summed E-state index contributed by atoms with van der Waals surface area (Å²) in [4.78, 5) is 51.3. The molecule has 0 atom stereocenters. The number of aromatic carboxylic acids is 1. The number of benzene rings is 1. The van der Waals surface area contributed by atoms with Gasteiger partial charge in [0.05, 0.1) is 24.2 Å². The fourth-order valence-electron chi connectivity index (χ4n) is 5.89. The maximum Gasteiger partial charge on any atom is 0.419 e. The number of esters is 1. The Morgan fingerprint density at radius 3 is 2.43 bits per heavy atom. The third kappa shape index (κ3) is 5.61. The van der Waals surface area contributed by atoms with E-state index in [1.165, 1.54) is 28.5 Å². The normalized spacial score (nSPS) is 20.8. The molecule has 42 heavy (non-hydrogen) atoms. The van der Waals surface area contributed by atoms with Gasteiger partial charge in [-0.15, -0.1) is 12.4 Å². The number of halogens is 1. The highest BCUT2D eigenvalue weighted by Crippen LogP contribution is 2.57. The Hall–Kier alpha value is -4.23. The highest BCUT2D eigenvalue weighted by molar-refractivity contribution is 5.96. The molecule has 1 amide bonds. The van der Waals surface area contributed by atoms with Crippen LogP contribution in [0.3, 0.4) is 0 Å². The van der Waals surface area contributed by atoms with Gasteiger partial charge in [-0.05, 0) is 61.6 Å². The van der Waals surface area contributed by atoms with Crippen LogP contribution in [0.25, 0.3) is 16.7 Å². The molecule has 3 aliphatic rings. The number of carboxylic acid groups (broad SMARTS) is 1. The van der Waals surface area contributed by atoms with Gasteiger partial charge in [-0.3, -0.25) is 14.2 Å². The van der Waals surface area contributed by atoms with E-state index >= 15 is 0 Å². The molecule has 224 valence electrons. The summed E-state index contributed by atoms with van der Waals surface area (Å²) in [5.41, 5.74) is 7.71. The Kier molecular flexibility index (Phi) is 8.73. The van der Waals surface area contributed by atoms with Crippen LogP contribution in [0.5, 0.6) is 0 Å². The second kappa shape index (κ2) is 11.9. The fourth-order valence-corrected chi connectivity index (χ4v) is 5.89. The largest absolute Gasteiger partial charge is 0.477 e. The van der Waals surface area contributed by atoms with Crippen LogP contribution in [-0.2, 0) is 23.1 Å². The summed E-state index contributed by atoms with van der Waals surface area (Å²) < 4.78 is 12.8. The molecule has 14 heteroatoms. The molecular formula is C28H33ClN6O7. The van der Waals surface area contributed by atoms with Gasteiger partial charge in [-0.1, -0.05) is 6.07 Å². The lowest BCUT2D eigenvalue weighted by Gasteiger charge is -2.51. The Labute approximate surface area is 246 Å². The van der Waals surface area contributed by atoms with Crippen molar-refractivity contribution in [2.75, 3.05) is 13.7 Å². The molecule has 0 spiro atoms. The number of hydrogen-bond acceptors (Lipinski definition) is 9. The Bertz CT molecular complexity index is 1680. The van der Waals surface area contributed by atoms with Crippen molar-refractivity contribution in [3.05, 3.63) is 64.0 Å². The number of nitrogens with one attached hydrogen (secondary N) is 1. The molecule has 0 unspecified atom stereocenters. The van der Waals surface area contributed by atoms with Crippen LogP contribution in [0.4, 0.5) is 0 Å². The number of fused-ring (bicyclic) bond motifs is 5. The maximum atomic E-state index is 12.8. The number of carboxylic acids is 1. The Morgan fingerprint density at radius 1 is 1.12 bits per heavy atom. The van der Waals surface area contributed by atoms with E-state index in [9.17, 15) is 24.3 Å². The first-order chi connectivity index (χ1) is 19.6. The number of aromatic nitrogens is 4. The lowest BCUT2D eigenvalue weighted by Crippen LogP contribution is -2.50. The molecule has 13 nitrogen and oxygen atoms in total. The Morgan fingerprint density at radius 2 is 1.81 bits per heavy atom. The number of oxazole rings is 1. The smallest absolute Gasteiger partial charge is 0.419 e. The predicted octanol–water partition coefficient (Wildman–Crippen LogP) is 2.68. The molecule has 1 aromatic carbocycles. The van der Waals surface area contributed by atoms with E-state index in [0.717, 1.165) is 49.6 Å². The fraction of sp³-hybridized carbons (Fsp3) is 0.429. The van der Waals surface area contributed by atoms with E-state index in [2.05, 4.69) is 15.4 Å². The maximum absolute atomic E-state index is 12.8. The topological polar surface area (TPSA) is 184 Å². The number of carbonyl (C=O) groups is 3. The molecule has 4 aromatic rings. The molecule has 0 aliphatic heterocycles. The quantitative estimate of drug-likeness (QED) is 0.278. The van der Waals surface area contributed by atoms with Crippen LogP contribution in [0.2, 0.25) is 0 Å². The number of ether oxygens (including phenoxy) is 1. The second-order valence-corrected chi connectivity index (χ2v) is 10.8. The summed E-state index contributed by atoms with van der Waals surface area (Å²) in [6.07, 6.45) is 6.37. The average Bonchev–Trinajstić information content (AvgIpc) is 3.59. The number of aryl methyl sites for hydroxylation is 1. The van der Waals surface area contributed by atoms with Gasteiger partial charge in [-0.2, -0.15) is 5.10 Å². The van der Waals surface area contributed by atoms with E-state index in [-0.39, 0.29) is 52.3 Å². The first-order valence-corrected chi connectivity index (χ1v) is 13.3. The van der Waals surface area contributed by atoms with Gasteiger partial charge in [-0.25, -0.2) is 19.1 Å². The number of nitrogens with zero attached hydrogens (tertiary/aromatic N) is 4. The summed E-state index contributed by atoms with van der Waals surface area (Å²) in [5, 5.41) is 16.3. The van der Waals surface area contributed by atoms with E-state index in [0.29, 0.717) is 24.3 Å². The van der Waals surface area contributed by atoms with Crippen molar-refractivity contribution in [3.8, 4) is 0 Å². The lowest BCUT2D eigenvalue weighted by molar-refractivity contribution is -0.162. The highest BCUT2D eigenvalue weighted by atomic mass is 35.5. The zero-order valence-corrected chi connectivity index (χ0v) is 24.1. The van der Waals surface area contributed by atoms with Crippen molar-refractivity contribution in [2.45, 2.75) is 45.1 Å². The molecular weight excluding hydrogens is 568 g/mol. The zero-order chi connectivity index (χ0) is 29.4. The average molecular weight is 601 g/mol.